The summed E-state index contributed by atoms with van der Waals surface area (Å²) in [4.78, 5) is 12.8. The number of carbonyl (C=O) groups is 1. The number of nitrogens with zero attached hydrogens (tertiary/aromatic N) is 2. The minimum atomic E-state index is -0.607. The molecule has 2 N–H and O–H groups in total. The number of aromatic nitrogens is 2. The summed E-state index contributed by atoms with van der Waals surface area (Å²) in [5.74, 6) is 0.785. The van der Waals surface area contributed by atoms with Crippen LogP contribution in [0.5, 0.6) is 5.75 Å². The maximum atomic E-state index is 12.8. The Balaban J connectivity index is 1.56. The summed E-state index contributed by atoms with van der Waals surface area (Å²) in [7, 11) is 0. The lowest BCUT2D eigenvalue weighted by atomic mass is 9.87. The van der Waals surface area contributed by atoms with E-state index in [0.717, 1.165) is 36.2 Å². The SMILES string of the molecule is O=C(NCCOc1cccc(Br)c1)C1(n2cccn2)CCNCC1. The van der Waals surface area contributed by atoms with Crippen molar-refractivity contribution in [2.45, 2.75) is 18.4 Å². The summed E-state index contributed by atoms with van der Waals surface area (Å²) in [6.45, 7) is 2.50. The molecular formula is C17H21BrN4O2. The largest absolute Gasteiger partial charge is 0.492 e. The third kappa shape index (κ3) is 3.79. The number of benzene rings is 1. The quantitative estimate of drug-likeness (QED) is 0.736. The number of hydrogen-bond acceptors (Lipinski definition) is 4. The molecule has 6 nitrogen and oxygen atoms in total. The van der Waals surface area contributed by atoms with Gasteiger partial charge in [-0.25, -0.2) is 0 Å². The lowest BCUT2D eigenvalue weighted by Crippen LogP contribution is -2.55. The Morgan fingerprint density at radius 2 is 2.21 bits per heavy atom. The third-order valence-corrected chi connectivity index (χ3v) is 4.74. The molecule has 0 bridgehead atoms. The summed E-state index contributed by atoms with van der Waals surface area (Å²) in [5, 5.41) is 10.6. The van der Waals surface area contributed by atoms with Crippen molar-refractivity contribution in [3.63, 3.8) is 0 Å². The lowest BCUT2D eigenvalue weighted by Gasteiger charge is -2.36. The van der Waals surface area contributed by atoms with Gasteiger partial charge in [0.1, 0.15) is 17.9 Å². The highest BCUT2D eigenvalue weighted by Crippen LogP contribution is 2.27. The fourth-order valence-electron chi connectivity index (χ4n) is 2.98. The number of amides is 1. The van der Waals surface area contributed by atoms with Crippen molar-refractivity contribution >= 4 is 21.8 Å². The van der Waals surface area contributed by atoms with Crippen LogP contribution in [-0.2, 0) is 10.3 Å². The number of nitrogens with one attached hydrogen (secondary N) is 2. The van der Waals surface area contributed by atoms with E-state index in [1.807, 2.05) is 36.5 Å². The van der Waals surface area contributed by atoms with Gasteiger partial charge in [0.25, 0.3) is 0 Å². The van der Waals surface area contributed by atoms with Crippen LogP contribution < -0.4 is 15.4 Å². The molecule has 0 aliphatic carbocycles. The van der Waals surface area contributed by atoms with E-state index in [1.54, 1.807) is 10.9 Å². The number of piperidine rings is 1. The molecule has 0 spiro atoms. The maximum Gasteiger partial charge on any atom is 0.248 e. The highest BCUT2D eigenvalue weighted by Gasteiger charge is 2.41. The van der Waals surface area contributed by atoms with Crippen molar-refractivity contribution in [1.29, 1.82) is 0 Å². The molecule has 3 rings (SSSR count). The fraction of sp³-hybridized carbons (Fsp3) is 0.412. The minimum absolute atomic E-state index is 0.00513. The molecule has 0 atom stereocenters. The molecule has 128 valence electrons. The first-order valence-corrected chi connectivity index (χ1v) is 8.87. The second-order valence-electron chi connectivity index (χ2n) is 5.79. The molecule has 1 aromatic heterocycles. The van der Waals surface area contributed by atoms with Crippen molar-refractivity contribution in [3.05, 3.63) is 47.2 Å². The van der Waals surface area contributed by atoms with Crippen molar-refractivity contribution < 1.29 is 9.53 Å². The molecule has 1 amide bonds. The zero-order valence-electron chi connectivity index (χ0n) is 13.4. The number of hydrogen-bond donors (Lipinski definition) is 2. The predicted molar refractivity (Wildman–Crippen MR) is 95.0 cm³/mol. The fourth-order valence-corrected chi connectivity index (χ4v) is 3.36. The molecule has 1 aromatic carbocycles. The predicted octanol–water partition coefficient (Wildman–Crippen LogP) is 1.92. The Bertz CT molecular complexity index is 669. The van der Waals surface area contributed by atoms with Crippen LogP contribution in [0.1, 0.15) is 12.8 Å². The van der Waals surface area contributed by atoms with Crippen LogP contribution in [-0.4, -0.2) is 41.9 Å². The summed E-state index contributed by atoms with van der Waals surface area (Å²) >= 11 is 3.41. The zero-order valence-corrected chi connectivity index (χ0v) is 15.0. The van der Waals surface area contributed by atoms with Gasteiger partial charge in [0.2, 0.25) is 5.91 Å². The van der Waals surface area contributed by atoms with Gasteiger partial charge in [0.15, 0.2) is 0 Å². The first-order valence-electron chi connectivity index (χ1n) is 8.08. The molecule has 7 heteroatoms. The molecule has 1 aliphatic rings. The van der Waals surface area contributed by atoms with Gasteiger partial charge in [0.05, 0.1) is 6.54 Å². The van der Waals surface area contributed by atoms with Gasteiger partial charge in [-0.3, -0.25) is 9.48 Å². The third-order valence-electron chi connectivity index (χ3n) is 4.25. The Hall–Kier alpha value is -1.86. The molecule has 2 aromatic rings. The van der Waals surface area contributed by atoms with Crippen LogP contribution in [0.25, 0.3) is 0 Å². The first-order chi connectivity index (χ1) is 11.7. The van der Waals surface area contributed by atoms with Crippen molar-refractivity contribution in [2.24, 2.45) is 0 Å². The number of carbonyl (C=O) groups excluding carboxylic acids is 1. The van der Waals surface area contributed by atoms with Crippen LogP contribution >= 0.6 is 15.9 Å². The van der Waals surface area contributed by atoms with Crippen LogP contribution in [0.2, 0.25) is 0 Å². The second-order valence-corrected chi connectivity index (χ2v) is 6.71. The average molecular weight is 393 g/mol. The molecule has 2 heterocycles. The van der Waals surface area contributed by atoms with Crippen LogP contribution in [0.4, 0.5) is 0 Å². The molecule has 0 unspecified atom stereocenters. The number of ether oxygens (including phenoxy) is 1. The van der Waals surface area contributed by atoms with Crippen molar-refractivity contribution in [2.75, 3.05) is 26.2 Å². The van der Waals surface area contributed by atoms with Crippen molar-refractivity contribution in [1.82, 2.24) is 20.4 Å². The minimum Gasteiger partial charge on any atom is -0.492 e. The van der Waals surface area contributed by atoms with Crippen LogP contribution in [0.3, 0.4) is 0 Å². The Labute approximate surface area is 149 Å². The van der Waals surface area contributed by atoms with E-state index in [0.29, 0.717) is 13.2 Å². The van der Waals surface area contributed by atoms with Gasteiger partial charge < -0.3 is 15.4 Å². The van der Waals surface area contributed by atoms with E-state index in [2.05, 4.69) is 31.7 Å². The van der Waals surface area contributed by atoms with E-state index in [-0.39, 0.29) is 5.91 Å². The lowest BCUT2D eigenvalue weighted by molar-refractivity contribution is -0.132. The Morgan fingerprint density at radius 1 is 1.38 bits per heavy atom. The topological polar surface area (TPSA) is 68.2 Å². The maximum absolute atomic E-state index is 12.8. The number of halogens is 1. The summed E-state index contributed by atoms with van der Waals surface area (Å²) in [6, 6.07) is 9.51. The molecule has 1 aliphatic heterocycles. The van der Waals surface area contributed by atoms with Gasteiger partial charge in [-0.1, -0.05) is 22.0 Å². The van der Waals surface area contributed by atoms with Gasteiger partial charge >= 0.3 is 0 Å². The summed E-state index contributed by atoms with van der Waals surface area (Å²) in [6.07, 6.45) is 5.04. The summed E-state index contributed by atoms with van der Waals surface area (Å²) < 4.78 is 8.43. The molecular weight excluding hydrogens is 372 g/mol. The standard InChI is InChI=1S/C17H21BrN4O2/c18-14-3-1-4-15(13-14)24-12-10-20-16(23)17(5-8-19-9-6-17)22-11-2-7-21-22/h1-4,7,11,13,19H,5-6,8-10,12H2,(H,20,23). The first kappa shape index (κ1) is 17.0. The molecule has 24 heavy (non-hydrogen) atoms. The second kappa shape index (κ2) is 7.81. The van der Waals surface area contributed by atoms with Gasteiger partial charge in [-0.05, 0) is 50.2 Å². The van der Waals surface area contributed by atoms with Crippen LogP contribution in [0.15, 0.2) is 47.2 Å². The Kier molecular flexibility index (Phi) is 5.52. The van der Waals surface area contributed by atoms with E-state index >= 15 is 0 Å². The van der Waals surface area contributed by atoms with E-state index in [4.69, 9.17) is 4.74 Å². The molecule has 1 fully saturated rings. The van der Waals surface area contributed by atoms with Gasteiger partial charge in [0, 0.05) is 16.9 Å². The summed E-state index contributed by atoms with van der Waals surface area (Å²) in [5.41, 5.74) is -0.607. The highest BCUT2D eigenvalue weighted by atomic mass is 79.9. The van der Waals surface area contributed by atoms with E-state index in [1.165, 1.54) is 0 Å². The Morgan fingerprint density at radius 3 is 2.92 bits per heavy atom. The van der Waals surface area contributed by atoms with Crippen molar-refractivity contribution in [3.8, 4) is 5.75 Å². The monoisotopic (exact) mass is 392 g/mol. The molecule has 0 saturated carbocycles. The van der Waals surface area contributed by atoms with Gasteiger partial charge in [-0.15, -0.1) is 0 Å². The van der Waals surface area contributed by atoms with Crippen LogP contribution in [0, 0.1) is 0 Å². The van der Waals surface area contributed by atoms with Gasteiger partial charge in [-0.2, -0.15) is 5.10 Å². The van der Waals surface area contributed by atoms with E-state index < -0.39 is 5.54 Å². The highest BCUT2D eigenvalue weighted by molar-refractivity contribution is 9.10. The van der Waals surface area contributed by atoms with E-state index in [9.17, 15) is 4.79 Å². The molecule has 1 saturated heterocycles. The normalized spacial score (nSPS) is 16.5. The molecule has 0 radical (unpaired) electrons. The number of rotatable bonds is 6. The average Bonchev–Trinajstić information content (AvgIpc) is 3.14. The smallest absolute Gasteiger partial charge is 0.248 e. The zero-order chi connectivity index (χ0) is 16.8.